The second-order valence-corrected chi connectivity index (χ2v) is 11.5. The van der Waals surface area contributed by atoms with Crippen LogP contribution in [-0.4, -0.2) is 59.0 Å². The van der Waals surface area contributed by atoms with Gasteiger partial charge >= 0.3 is 5.97 Å². The number of hydrogen-bond acceptors (Lipinski definition) is 9. The number of aromatic nitrogens is 2. The molecule has 11 nitrogen and oxygen atoms in total. The maximum atomic E-state index is 15.6. The van der Waals surface area contributed by atoms with Crippen LogP contribution in [0, 0.1) is 11.7 Å². The van der Waals surface area contributed by atoms with Crippen molar-refractivity contribution in [1.82, 2.24) is 9.55 Å². The standard InChI is InChI=1S/C32H27ClFN5O6/c33-24-10-28-27(43-17-44-28)8-19(24)16-45-37-26-15-38(13-20(26)12-35-11-18-4-2-1-3-5-18)31-25(34)9-22-29(40)23(32(41)42)14-39(21-6-7-21)30(22)36-31/h1-5,8-11,14,20-21H,6-7,12-13,15-17H2,(H,41,42)/b35-11?,37-26+. The minimum atomic E-state index is -1.36. The molecule has 0 amide bonds. The van der Waals surface area contributed by atoms with Crippen LogP contribution in [-0.2, 0) is 11.4 Å². The molecule has 2 fully saturated rings. The third-order valence-electron chi connectivity index (χ3n) is 7.98. The van der Waals surface area contributed by atoms with Crippen molar-refractivity contribution in [1.29, 1.82) is 0 Å². The van der Waals surface area contributed by atoms with Gasteiger partial charge in [0.2, 0.25) is 12.2 Å². The monoisotopic (exact) mass is 631 g/mol. The van der Waals surface area contributed by atoms with Gasteiger partial charge in [-0.3, -0.25) is 9.79 Å². The van der Waals surface area contributed by atoms with E-state index in [1.165, 1.54) is 6.20 Å². The summed E-state index contributed by atoms with van der Waals surface area (Å²) in [6.45, 7) is 1.10. The number of aromatic carboxylic acids is 1. The van der Waals surface area contributed by atoms with E-state index in [1.54, 1.807) is 27.8 Å². The normalized spacial score (nSPS) is 18.4. The molecule has 1 aliphatic carbocycles. The Labute approximate surface area is 261 Å². The van der Waals surface area contributed by atoms with Gasteiger partial charge in [-0.05, 0) is 30.5 Å². The predicted octanol–water partition coefficient (Wildman–Crippen LogP) is 5.08. The minimum absolute atomic E-state index is 0.00388. The van der Waals surface area contributed by atoms with Crippen LogP contribution in [0.1, 0.15) is 40.4 Å². The molecule has 1 N–H and O–H groups in total. The summed E-state index contributed by atoms with van der Waals surface area (Å²) >= 11 is 6.41. The average molecular weight is 632 g/mol. The lowest BCUT2D eigenvalue weighted by Crippen LogP contribution is -2.25. The van der Waals surface area contributed by atoms with Crippen molar-refractivity contribution in [2.45, 2.75) is 25.5 Å². The highest BCUT2D eigenvalue weighted by molar-refractivity contribution is 6.31. The van der Waals surface area contributed by atoms with Crippen LogP contribution < -0.4 is 19.8 Å². The molecule has 1 saturated heterocycles. The number of nitrogens with zero attached hydrogens (tertiary/aromatic N) is 5. The Kier molecular flexibility index (Phi) is 7.58. The zero-order valence-corrected chi connectivity index (χ0v) is 24.6. The highest BCUT2D eigenvalue weighted by Crippen LogP contribution is 2.38. The number of benzene rings is 2. The summed E-state index contributed by atoms with van der Waals surface area (Å²) in [7, 11) is 0. The van der Waals surface area contributed by atoms with Gasteiger partial charge in [0.25, 0.3) is 0 Å². The molecule has 1 saturated carbocycles. The topological polar surface area (TPSA) is 128 Å². The number of hydrogen-bond donors (Lipinski definition) is 1. The number of pyridine rings is 2. The maximum Gasteiger partial charge on any atom is 0.341 e. The number of rotatable bonds is 9. The number of fused-ring (bicyclic) bond motifs is 2. The summed E-state index contributed by atoms with van der Waals surface area (Å²) in [5.74, 6) is -1.14. The van der Waals surface area contributed by atoms with Gasteiger partial charge in [0.05, 0.1) is 22.7 Å². The number of carboxylic acids is 1. The van der Waals surface area contributed by atoms with Crippen molar-refractivity contribution in [3.05, 3.63) is 92.5 Å². The number of anilines is 1. The molecular formula is C32H27ClFN5O6. The Balaban J connectivity index is 1.18. The predicted molar refractivity (Wildman–Crippen MR) is 166 cm³/mol. The fraction of sp³-hybridized carbons (Fsp3) is 0.281. The number of oxime groups is 1. The molecule has 2 aromatic carbocycles. The lowest BCUT2D eigenvalue weighted by molar-refractivity contribution is 0.0694. The third kappa shape index (κ3) is 5.80. The Bertz CT molecular complexity index is 1930. The van der Waals surface area contributed by atoms with Gasteiger partial charge < -0.3 is 28.9 Å². The Morgan fingerprint density at radius 1 is 1.18 bits per heavy atom. The van der Waals surface area contributed by atoms with Crippen molar-refractivity contribution in [3.63, 3.8) is 0 Å². The van der Waals surface area contributed by atoms with Gasteiger partial charge in [-0.2, -0.15) is 0 Å². The smallest absolute Gasteiger partial charge is 0.341 e. The van der Waals surface area contributed by atoms with Crippen molar-refractivity contribution in [2.75, 3.05) is 31.3 Å². The van der Waals surface area contributed by atoms with Crippen molar-refractivity contribution >= 4 is 46.3 Å². The summed E-state index contributed by atoms with van der Waals surface area (Å²) in [4.78, 5) is 41.3. The van der Waals surface area contributed by atoms with E-state index in [1.807, 2.05) is 30.3 Å². The zero-order chi connectivity index (χ0) is 31.1. The zero-order valence-electron chi connectivity index (χ0n) is 23.9. The van der Waals surface area contributed by atoms with Gasteiger partial charge in [-0.25, -0.2) is 14.2 Å². The van der Waals surface area contributed by atoms with Crippen LogP contribution in [0.5, 0.6) is 11.5 Å². The number of aliphatic imine (C=N–C) groups is 1. The van der Waals surface area contributed by atoms with Crippen LogP contribution in [0.15, 0.2) is 69.7 Å². The lowest BCUT2D eigenvalue weighted by atomic mass is 10.1. The average Bonchev–Trinajstić information content (AvgIpc) is 3.65. The number of carbonyl (C=O) groups is 1. The quantitative estimate of drug-likeness (QED) is 0.200. The highest BCUT2D eigenvalue weighted by Gasteiger charge is 2.34. The molecule has 4 aromatic rings. The van der Waals surface area contributed by atoms with E-state index in [2.05, 4.69) is 15.1 Å². The van der Waals surface area contributed by atoms with Crippen LogP contribution in [0.25, 0.3) is 11.0 Å². The number of carboxylic acid groups (broad SMARTS) is 1. The molecule has 230 valence electrons. The third-order valence-corrected chi connectivity index (χ3v) is 8.34. The maximum absolute atomic E-state index is 15.6. The van der Waals surface area contributed by atoms with Gasteiger partial charge in [-0.1, -0.05) is 47.1 Å². The first kappa shape index (κ1) is 28.8. The number of halogens is 2. The summed E-state index contributed by atoms with van der Waals surface area (Å²) in [6.07, 6.45) is 4.72. The van der Waals surface area contributed by atoms with Crippen molar-refractivity contribution in [3.8, 4) is 11.5 Å². The first-order valence-corrected chi connectivity index (χ1v) is 14.8. The van der Waals surface area contributed by atoms with E-state index in [-0.39, 0.29) is 48.8 Å². The summed E-state index contributed by atoms with van der Waals surface area (Å²) in [6, 6.07) is 14.2. The summed E-state index contributed by atoms with van der Waals surface area (Å²) in [5.41, 5.74) is 1.33. The molecule has 2 aliphatic heterocycles. The molecule has 2 aromatic heterocycles. The molecule has 1 atom stereocenters. The minimum Gasteiger partial charge on any atom is -0.477 e. The van der Waals surface area contributed by atoms with Gasteiger partial charge in [0, 0.05) is 49.1 Å². The first-order chi connectivity index (χ1) is 21.9. The SMILES string of the molecule is O=C(O)c1cn(C2CC2)c2nc(N3C/C(=N\OCc4cc5c(cc4Cl)OCO5)C(CN=Cc4ccccc4)C3)c(F)cc2c1=O. The van der Waals surface area contributed by atoms with E-state index in [0.29, 0.717) is 40.9 Å². The van der Waals surface area contributed by atoms with Crippen molar-refractivity contribution < 1.29 is 28.6 Å². The molecule has 4 heterocycles. The van der Waals surface area contributed by atoms with E-state index >= 15 is 4.39 Å². The molecule has 7 rings (SSSR count). The van der Waals surface area contributed by atoms with Crippen LogP contribution in [0.4, 0.5) is 10.2 Å². The van der Waals surface area contributed by atoms with Gasteiger partial charge in [0.1, 0.15) is 17.8 Å². The molecule has 13 heteroatoms. The highest BCUT2D eigenvalue weighted by atomic mass is 35.5. The fourth-order valence-electron chi connectivity index (χ4n) is 5.51. The van der Waals surface area contributed by atoms with E-state index < -0.39 is 22.8 Å². The second kappa shape index (κ2) is 11.8. The Morgan fingerprint density at radius 3 is 2.71 bits per heavy atom. The summed E-state index contributed by atoms with van der Waals surface area (Å²) < 4.78 is 28.1. The molecule has 0 bridgehead atoms. The molecule has 3 aliphatic rings. The van der Waals surface area contributed by atoms with E-state index in [4.69, 9.17) is 25.9 Å². The van der Waals surface area contributed by atoms with E-state index in [9.17, 15) is 14.7 Å². The molecule has 0 radical (unpaired) electrons. The number of ether oxygens (including phenoxy) is 2. The molecular weight excluding hydrogens is 605 g/mol. The molecule has 0 spiro atoms. The second-order valence-electron chi connectivity index (χ2n) is 11.1. The Morgan fingerprint density at radius 2 is 1.96 bits per heavy atom. The van der Waals surface area contributed by atoms with Crippen LogP contribution in [0.3, 0.4) is 0 Å². The largest absolute Gasteiger partial charge is 0.477 e. The molecule has 45 heavy (non-hydrogen) atoms. The summed E-state index contributed by atoms with van der Waals surface area (Å²) in [5, 5.41) is 14.4. The van der Waals surface area contributed by atoms with Crippen molar-refractivity contribution in [2.24, 2.45) is 16.1 Å². The fourth-order valence-corrected chi connectivity index (χ4v) is 5.72. The van der Waals surface area contributed by atoms with Gasteiger partial charge in [-0.15, -0.1) is 0 Å². The van der Waals surface area contributed by atoms with Crippen LogP contribution in [0.2, 0.25) is 5.02 Å². The Hall–Kier alpha value is -4.97. The first-order valence-electron chi connectivity index (χ1n) is 14.4. The lowest BCUT2D eigenvalue weighted by Gasteiger charge is -2.19. The molecule has 1 unspecified atom stereocenters. The van der Waals surface area contributed by atoms with E-state index in [0.717, 1.165) is 24.5 Å². The van der Waals surface area contributed by atoms with Crippen LogP contribution >= 0.6 is 11.6 Å². The van der Waals surface area contributed by atoms with Gasteiger partial charge in [0.15, 0.2) is 23.1 Å².